The van der Waals surface area contributed by atoms with Gasteiger partial charge in [-0.1, -0.05) is 19.1 Å². The van der Waals surface area contributed by atoms with Gasteiger partial charge in [-0.3, -0.25) is 9.59 Å². The summed E-state index contributed by atoms with van der Waals surface area (Å²) >= 11 is 0. The van der Waals surface area contributed by atoms with Crippen molar-refractivity contribution in [3.63, 3.8) is 0 Å². The van der Waals surface area contributed by atoms with Gasteiger partial charge in [-0.05, 0) is 30.7 Å². The molecule has 25 heavy (non-hydrogen) atoms. The monoisotopic (exact) mass is 347 g/mol. The molecule has 2 heterocycles. The zero-order valence-electron chi connectivity index (χ0n) is 14.8. The highest BCUT2D eigenvalue weighted by atomic mass is 19.1. The number of amides is 2. The molecule has 3 rings (SSSR count). The summed E-state index contributed by atoms with van der Waals surface area (Å²) in [4.78, 5) is 30.9. The van der Waals surface area contributed by atoms with Crippen molar-refractivity contribution in [1.82, 2.24) is 14.7 Å². The first-order valence-corrected chi connectivity index (χ1v) is 9.10. The molecule has 0 bridgehead atoms. The number of likely N-dealkylation sites (tertiary alicyclic amines) is 1. The largest absolute Gasteiger partial charge is 0.342 e. The van der Waals surface area contributed by atoms with Crippen LogP contribution in [0.1, 0.15) is 18.9 Å². The number of carbonyl (C=O) groups is 2. The molecule has 0 aliphatic carbocycles. The molecule has 0 radical (unpaired) electrons. The predicted octanol–water partition coefficient (Wildman–Crippen LogP) is 1.38. The molecule has 0 spiro atoms. The van der Waals surface area contributed by atoms with E-state index in [0.717, 1.165) is 38.3 Å². The molecule has 6 heteroatoms. The van der Waals surface area contributed by atoms with Crippen molar-refractivity contribution >= 4 is 11.8 Å². The Morgan fingerprint density at radius 1 is 1.16 bits per heavy atom. The van der Waals surface area contributed by atoms with Crippen LogP contribution in [0.25, 0.3) is 0 Å². The molecular weight excluding hydrogens is 321 g/mol. The highest BCUT2D eigenvalue weighted by Crippen LogP contribution is 2.21. The zero-order valence-corrected chi connectivity index (χ0v) is 14.8. The van der Waals surface area contributed by atoms with Crippen molar-refractivity contribution in [3.05, 3.63) is 35.6 Å². The lowest BCUT2D eigenvalue weighted by Gasteiger charge is -2.35. The summed E-state index contributed by atoms with van der Waals surface area (Å²) in [5, 5.41) is 0. The van der Waals surface area contributed by atoms with E-state index >= 15 is 0 Å². The third-order valence-corrected chi connectivity index (χ3v) is 5.28. The molecule has 1 atom stereocenters. The molecule has 2 aliphatic heterocycles. The van der Waals surface area contributed by atoms with Crippen LogP contribution in [-0.4, -0.2) is 72.3 Å². The van der Waals surface area contributed by atoms with Crippen molar-refractivity contribution in [2.45, 2.75) is 19.8 Å². The summed E-state index contributed by atoms with van der Waals surface area (Å²) in [6.45, 7) is 7.58. The number of rotatable bonds is 5. The molecular formula is C19H26FN3O2. The molecule has 5 nitrogen and oxygen atoms in total. The first kappa shape index (κ1) is 17.9. The molecule has 2 fully saturated rings. The van der Waals surface area contributed by atoms with Crippen LogP contribution in [0, 0.1) is 11.7 Å². The Balaban J connectivity index is 1.50. The highest BCUT2D eigenvalue weighted by Gasteiger charge is 2.36. The van der Waals surface area contributed by atoms with Gasteiger partial charge >= 0.3 is 0 Å². The number of carbonyl (C=O) groups excluding carboxylic acids is 2. The van der Waals surface area contributed by atoms with Gasteiger partial charge < -0.3 is 14.7 Å². The normalized spacial score (nSPS) is 21.8. The fourth-order valence-electron chi connectivity index (χ4n) is 3.61. The van der Waals surface area contributed by atoms with Crippen LogP contribution in [-0.2, 0) is 16.0 Å². The van der Waals surface area contributed by atoms with E-state index in [-0.39, 0.29) is 23.5 Å². The highest BCUT2D eigenvalue weighted by molar-refractivity contribution is 5.89. The van der Waals surface area contributed by atoms with E-state index in [1.807, 2.05) is 4.90 Å². The SMILES string of the molecule is CCN1CCN(C(=O)[C@H]2CC(=O)N(CCc3ccc(F)cc3)C2)CC1. The van der Waals surface area contributed by atoms with Crippen molar-refractivity contribution in [2.24, 2.45) is 5.92 Å². The van der Waals surface area contributed by atoms with Gasteiger partial charge in [0.2, 0.25) is 11.8 Å². The van der Waals surface area contributed by atoms with E-state index in [0.29, 0.717) is 25.9 Å². The summed E-state index contributed by atoms with van der Waals surface area (Å²) in [6, 6.07) is 6.35. The summed E-state index contributed by atoms with van der Waals surface area (Å²) in [6.07, 6.45) is 0.998. The first-order chi connectivity index (χ1) is 12.1. The number of likely N-dealkylation sites (N-methyl/N-ethyl adjacent to an activating group) is 1. The van der Waals surface area contributed by atoms with Crippen LogP contribution in [0.2, 0.25) is 0 Å². The number of piperazine rings is 1. The maximum absolute atomic E-state index is 12.9. The standard InChI is InChI=1S/C19H26FN3O2/c1-2-21-9-11-22(12-10-21)19(25)16-13-18(24)23(14-16)8-7-15-3-5-17(20)6-4-15/h3-6,16H,2,7-14H2,1H3/t16-/m0/s1. The average molecular weight is 347 g/mol. The number of hydrogen-bond acceptors (Lipinski definition) is 3. The van der Waals surface area contributed by atoms with Gasteiger partial charge in [-0.25, -0.2) is 4.39 Å². The van der Waals surface area contributed by atoms with Gasteiger partial charge in [0.05, 0.1) is 5.92 Å². The first-order valence-electron chi connectivity index (χ1n) is 9.10. The molecule has 0 saturated carbocycles. The third-order valence-electron chi connectivity index (χ3n) is 5.28. The molecule has 0 N–H and O–H groups in total. The van der Waals surface area contributed by atoms with Gasteiger partial charge in [0.15, 0.2) is 0 Å². The molecule has 2 amide bonds. The summed E-state index contributed by atoms with van der Waals surface area (Å²) in [5.74, 6) is -0.301. The Bertz CT molecular complexity index is 612. The average Bonchev–Trinajstić information content (AvgIpc) is 3.01. The predicted molar refractivity (Wildman–Crippen MR) is 93.5 cm³/mol. The molecule has 0 aromatic heterocycles. The fourth-order valence-corrected chi connectivity index (χ4v) is 3.61. The molecule has 2 aliphatic rings. The Hall–Kier alpha value is -1.95. The molecule has 1 aromatic rings. The third kappa shape index (κ3) is 4.37. The van der Waals surface area contributed by atoms with Crippen LogP contribution in [0.5, 0.6) is 0 Å². The second-order valence-corrected chi connectivity index (χ2v) is 6.88. The molecule has 136 valence electrons. The van der Waals surface area contributed by atoms with Gasteiger partial charge in [0.25, 0.3) is 0 Å². The van der Waals surface area contributed by atoms with Crippen molar-refractivity contribution in [3.8, 4) is 0 Å². The van der Waals surface area contributed by atoms with Crippen molar-refractivity contribution < 1.29 is 14.0 Å². The van der Waals surface area contributed by atoms with E-state index in [9.17, 15) is 14.0 Å². The van der Waals surface area contributed by atoms with Crippen LogP contribution in [0.4, 0.5) is 4.39 Å². The summed E-state index contributed by atoms with van der Waals surface area (Å²) in [7, 11) is 0. The zero-order chi connectivity index (χ0) is 17.8. The quantitative estimate of drug-likeness (QED) is 0.808. The minimum Gasteiger partial charge on any atom is -0.342 e. The Labute approximate surface area is 148 Å². The Kier molecular flexibility index (Phi) is 5.68. The van der Waals surface area contributed by atoms with Gasteiger partial charge in [-0.15, -0.1) is 0 Å². The van der Waals surface area contributed by atoms with Crippen LogP contribution in [0.15, 0.2) is 24.3 Å². The maximum atomic E-state index is 12.9. The number of nitrogens with zero attached hydrogens (tertiary/aromatic N) is 3. The summed E-state index contributed by atoms with van der Waals surface area (Å²) < 4.78 is 12.9. The van der Waals surface area contributed by atoms with Crippen LogP contribution in [0.3, 0.4) is 0 Å². The number of hydrogen-bond donors (Lipinski definition) is 0. The lowest BCUT2D eigenvalue weighted by molar-refractivity contribution is -0.137. The minimum absolute atomic E-state index is 0.0488. The van der Waals surface area contributed by atoms with Crippen LogP contribution >= 0.6 is 0 Å². The van der Waals surface area contributed by atoms with E-state index < -0.39 is 0 Å². The van der Waals surface area contributed by atoms with E-state index in [2.05, 4.69) is 11.8 Å². The second-order valence-electron chi connectivity index (χ2n) is 6.88. The van der Waals surface area contributed by atoms with Crippen LogP contribution < -0.4 is 0 Å². The van der Waals surface area contributed by atoms with Gasteiger partial charge in [-0.2, -0.15) is 0 Å². The fraction of sp³-hybridized carbons (Fsp3) is 0.579. The number of benzene rings is 1. The Morgan fingerprint density at radius 3 is 2.48 bits per heavy atom. The van der Waals surface area contributed by atoms with E-state index in [1.165, 1.54) is 12.1 Å². The maximum Gasteiger partial charge on any atom is 0.228 e. The molecule has 1 aromatic carbocycles. The van der Waals surface area contributed by atoms with Gasteiger partial charge in [0, 0.05) is 45.7 Å². The summed E-state index contributed by atoms with van der Waals surface area (Å²) in [5.41, 5.74) is 1.000. The topological polar surface area (TPSA) is 43.9 Å². The minimum atomic E-state index is -0.255. The van der Waals surface area contributed by atoms with E-state index in [1.54, 1.807) is 17.0 Å². The molecule has 2 saturated heterocycles. The number of halogens is 1. The van der Waals surface area contributed by atoms with Gasteiger partial charge in [0.1, 0.15) is 5.82 Å². The van der Waals surface area contributed by atoms with Crippen molar-refractivity contribution in [1.29, 1.82) is 0 Å². The Morgan fingerprint density at radius 2 is 1.84 bits per heavy atom. The molecule has 0 unspecified atom stereocenters. The lowest BCUT2D eigenvalue weighted by atomic mass is 10.1. The van der Waals surface area contributed by atoms with Crippen molar-refractivity contribution in [2.75, 3.05) is 45.8 Å². The second kappa shape index (κ2) is 7.95. The lowest BCUT2D eigenvalue weighted by Crippen LogP contribution is -2.50. The van der Waals surface area contributed by atoms with E-state index in [4.69, 9.17) is 0 Å². The smallest absolute Gasteiger partial charge is 0.228 e.